The molecule has 2 bridgehead atoms. The van der Waals surface area contributed by atoms with Gasteiger partial charge in [0.1, 0.15) is 16.1 Å². The van der Waals surface area contributed by atoms with Crippen LogP contribution in [0.15, 0.2) is 170 Å². The Morgan fingerprint density at radius 3 is 1.52 bits per heavy atom. The second kappa shape index (κ2) is 10.3. The predicted molar refractivity (Wildman–Crippen MR) is 217 cm³/mol. The summed E-state index contributed by atoms with van der Waals surface area (Å²) in [5, 5.41) is 4.90. The fourth-order valence-corrected chi connectivity index (χ4v) is 12.0. The molecule has 52 heavy (non-hydrogen) atoms. The first kappa shape index (κ1) is 28.7. The lowest BCUT2D eigenvalue weighted by Crippen LogP contribution is -2.52. The molecular weight excluding hydrogens is 669 g/mol. The summed E-state index contributed by atoms with van der Waals surface area (Å²) in [7, 11) is 0. The number of nitrogens with zero attached hydrogens (tertiary/aromatic N) is 2. The Kier molecular flexibility index (Phi) is 5.70. The van der Waals surface area contributed by atoms with E-state index in [2.05, 4.69) is 170 Å². The van der Waals surface area contributed by atoms with Gasteiger partial charge >= 0.3 is 0 Å². The number of hydrogen-bond donors (Lipinski definition) is 0. The molecule has 0 atom stereocenters. The summed E-state index contributed by atoms with van der Waals surface area (Å²) in [6, 6.07) is 62.5. The fourth-order valence-electron chi connectivity index (χ4n) is 9.72. The maximum Gasteiger partial charge on any atom is 0.150 e. The first-order valence-electron chi connectivity index (χ1n) is 17.8. The molecule has 3 aromatic heterocycles. The third-order valence-electron chi connectivity index (χ3n) is 11.6. The minimum absolute atomic E-state index is 0.472. The number of aromatic nitrogens is 2. The largest absolute Gasteiger partial charge is 0.230 e. The Morgan fingerprint density at radius 1 is 0.385 bits per heavy atom. The third-order valence-corrected chi connectivity index (χ3v) is 13.9. The van der Waals surface area contributed by atoms with E-state index in [1.165, 1.54) is 69.2 Å². The van der Waals surface area contributed by atoms with Crippen LogP contribution in [0.1, 0.15) is 44.8 Å². The van der Waals surface area contributed by atoms with Crippen LogP contribution in [-0.2, 0) is 10.8 Å². The SMILES string of the molecule is c1ccc(C23c4ccccc4C(c4nc(-c5cccc6c5sc5ccccc56)c5c(n4)sc4ccccc45)(c4ccccc42)c2ccccc23)cc1. The van der Waals surface area contributed by atoms with Crippen LogP contribution in [0.25, 0.3) is 51.7 Å². The summed E-state index contributed by atoms with van der Waals surface area (Å²) in [4.78, 5) is 12.6. The molecule has 0 unspecified atom stereocenters. The smallest absolute Gasteiger partial charge is 0.150 e. The van der Waals surface area contributed by atoms with E-state index in [4.69, 9.17) is 9.97 Å². The highest BCUT2D eigenvalue weighted by Gasteiger charge is 2.61. The van der Waals surface area contributed by atoms with Crippen LogP contribution in [0.3, 0.4) is 0 Å². The van der Waals surface area contributed by atoms with E-state index in [0.717, 1.165) is 27.3 Å². The first-order valence-corrected chi connectivity index (χ1v) is 19.4. The average molecular weight is 697 g/mol. The van der Waals surface area contributed by atoms with Crippen LogP contribution in [0.5, 0.6) is 0 Å². The fraction of sp³-hybridized carbons (Fsp3) is 0.0417. The lowest BCUT2D eigenvalue weighted by Gasteiger charge is -2.56. The van der Waals surface area contributed by atoms with E-state index in [-0.39, 0.29) is 0 Å². The summed E-state index contributed by atoms with van der Waals surface area (Å²) in [5.74, 6) is 0.827. The topological polar surface area (TPSA) is 25.8 Å². The highest BCUT2D eigenvalue weighted by molar-refractivity contribution is 7.26. The van der Waals surface area contributed by atoms with Crippen molar-refractivity contribution in [1.29, 1.82) is 0 Å². The molecule has 7 aromatic carbocycles. The molecule has 0 radical (unpaired) electrons. The van der Waals surface area contributed by atoms with Gasteiger partial charge in [-0.2, -0.15) is 0 Å². The Bertz CT molecular complexity index is 2980. The van der Waals surface area contributed by atoms with Crippen molar-refractivity contribution >= 4 is 63.1 Å². The molecule has 0 spiro atoms. The second-order valence-electron chi connectivity index (χ2n) is 14.0. The lowest BCUT2D eigenvalue weighted by atomic mass is 9.45. The zero-order valence-corrected chi connectivity index (χ0v) is 29.5. The van der Waals surface area contributed by atoms with Crippen molar-refractivity contribution in [3.8, 4) is 11.3 Å². The van der Waals surface area contributed by atoms with E-state index in [9.17, 15) is 0 Å². The van der Waals surface area contributed by atoms with Gasteiger partial charge in [0, 0.05) is 41.2 Å². The second-order valence-corrected chi connectivity index (χ2v) is 16.0. The molecule has 0 N–H and O–H groups in total. The van der Waals surface area contributed by atoms with Gasteiger partial charge in [-0.25, -0.2) is 9.97 Å². The zero-order valence-electron chi connectivity index (χ0n) is 27.9. The standard InChI is InChI=1S/C48H28N2S2/c1-2-15-29(16-3-1)47-34-21-6-9-24-37(34)48(38-25-10-7-22-35(38)47,39-26-11-8-23-36(39)47)46-49-43(42-32-18-5-13-28-41(32)52-45(42)50-46)33-20-14-19-31-30-17-4-12-27-40(30)51-44(31)33/h1-28H. The molecule has 2 nitrogen and oxygen atoms in total. The van der Waals surface area contributed by atoms with Gasteiger partial charge in [-0.05, 0) is 51.1 Å². The van der Waals surface area contributed by atoms with Crippen molar-refractivity contribution in [2.24, 2.45) is 0 Å². The molecular formula is C48H28N2S2. The van der Waals surface area contributed by atoms with Crippen LogP contribution in [0, 0.1) is 0 Å². The molecule has 3 heterocycles. The number of rotatable bonds is 3. The molecule has 242 valence electrons. The lowest BCUT2D eigenvalue weighted by molar-refractivity contribution is 0.538. The van der Waals surface area contributed by atoms with Crippen molar-refractivity contribution in [1.82, 2.24) is 9.97 Å². The highest BCUT2D eigenvalue weighted by Crippen LogP contribution is 2.65. The Labute approximate surface area is 308 Å². The summed E-state index contributed by atoms with van der Waals surface area (Å²) in [5.41, 5.74) is 9.88. The molecule has 3 aliphatic carbocycles. The van der Waals surface area contributed by atoms with Crippen molar-refractivity contribution in [3.05, 3.63) is 215 Å². The summed E-state index contributed by atoms with van der Waals surface area (Å²) >= 11 is 3.63. The first-order chi connectivity index (χ1) is 25.8. The Balaban J connectivity index is 1.27. The van der Waals surface area contributed by atoms with Gasteiger partial charge in [0.2, 0.25) is 0 Å². The zero-order chi connectivity index (χ0) is 34.0. The molecule has 0 aliphatic heterocycles. The number of thiophene rings is 2. The van der Waals surface area contributed by atoms with E-state index in [0.29, 0.717) is 0 Å². The number of benzene rings is 7. The van der Waals surface area contributed by atoms with Crippen LogP contribution >= 0.6 is 22.7 Å². The average Bonchev–Trinajstić information content (AvgIpc) is 3.79. The molecule has 0 fully saturated rings. The number of hydrogen-bond acceptors (Lipinski definition) is 4. The van der Waals surface area contributed by atoms with E-state index in [1.54, 1.807) is 11.3 Å². The molecule has 13 rings (SSSR count). The van der Waals surface area contributed by atoms with Gasteiger partial charge < -0.3 is 0 Å². The summed E-state index contributed by atoms with van der Waals surface area (Å²) in [6.45, 7) is 0. The Hall–Kier alpha value is -5.94. The quantitative estimate of drug-likeness (QED) is 0.184. The van der Waals surface area contributed by atoms with Crippen molar-refractivity contribution in [2.45, 2.75) is 10.8 Å². The van der Waals surface area contributed by atoms with E-state index >= 15 is 0 Å². The van der Waals surface area contributed by atoms with Crippen LogP contribution in [0.2, 0.25) is 0 Å². The van der Waals surface area contributed by atoms with Gasteiger partial charge in [0.25, 0.3) is 0 Å². The highest BCUT2D eigenvalue weighted by atomic mass is 32.1. The van der Waals surface area contributed by atoms with Crippen LogP contribution in [0.4, 0.5) is 0 Å². The van der Waals surface area contributed by atoms with Crippen molar-refractivity contribution < 1.29 is 0 Å². The summed E-state index contributed by atoms with van der Waals surface area (Å²) in [6.07, 6.45) is 0. The molecule has 0 amide bonds. The minimum Gasteiger partial charge on any atom is -0.230 e. The Morgan fingerprint density at radius 2 is 0.885 bits per heavy atom. The van der Waals surface area contributed by atoms with Crippen LogP contribution < -0.4 is 0 Å². The minimum atomic E-state index is -0.729. The molecule has 0 saturated carbocycles. The monoisotopic (exact) mass is 696 g/mol. The number of fused-ring (bicyclic) bond motifs is 6. The molecule has 10 aromatic rings. The maximum absolute atomic E-state index is 5.90. The van der Waals surface area contributed by atoms with Gasteiger partial charge in [0.15, 0.2) is 0 Å². The van der Waals surface area contributed by atoms with Gasteiger partial charge in [0.05, 0.1) is 11.1 Å². The van der Waals surface area contributed by atoms with Gasteiger partial charge in [-0.3, -0.25) is 0 Å². The molecule has 4 heteroatoms. The van der Waals surface area contributed by atoms with E-state index in [1.807, 2.05) is 11.3 Å². The maximum atomic E-state index is 5.90. The summed E-state index contributed by atoms with van der Waals surface area (Å²) < 4.78 is 3.78. The van der Waals surface area contributed by atoms with Gasteiger partial charge in [-0.1, -0.05) is 158 Å². The van der Waals surface area contributed by atoms with Crippen LogP contribution in [-0.4, -0.2) is 9.97 Å². The van der Waals surface area contributed by atoms with Gasteiger partial charge in [-0.15, -0.1) is 22.7 Å². The van der Waals surface area contributed by atoms with Crippen molar-refractivity contribution in [2.75, 3.05) is 0 Å². The molecule has 3 aliphatic rings. The normalized spacial score (nSPS) is 18.5. The van der Waals surface area contributed by atoms with E-state index < -0.39 is 10.8 Å². The third kappa shape index (κ3) is 3.40. The van der Waals surface area contributed by atoms with Crippen molar-refractivity contribution in [3.63, 3.8) is 0 Å². The molecule has 0 saturated heterocycles. The predicted octanol–water partition coefficient (Wildman–Crippen LogP) is 12.3.